The lowest BCUT2D eigenvalue weighted by molar-refractivity contribution is 0.133. The maximum atomic E-state index is 6.08. The van der Waals surface area contributed by atoms with E-state index in [2.05, 4.69) is 22.0 Å². The Morgan fingerprint density at radius 3 is 2.70 bits per heavy atom. The molecule has 1 fully saturated rings. The van der Waals surface area contributed by atoms with Crippen molar-refractivity contribution in [2.24, 2.45) is 10.7 Å². The normalized spacial score (nSPS) is 16.4. The number of hydrogen-bond acceptors (Lipinski definition) is 3. The van der Waals surface area contributed by atoms with Gasteiger partial charge in [-0.3, -0.25) is 0 Å². The zero-order valence-corrected chi connectivity index (χ0v) is 12.9. The van der Waals surface area contributed by atoms with Crippen molar-refractivity contribution in [3.05, 3.63) is 35.4 Å². The summed E-state index contributed by atoms with van der Waals surface area (Å²) in [6, 6.07) is 8.26. The van der Waals surface area contributed by atoms with Crippen molar-refractivity contribution in [2.75, 3.05) is 31.2 Å². The molecule has 1 aromatic carbocycles. The second kappa shape index (κ2) is 8.17. The lowest BCUT2D eigenvalue weighted by atomic mass is 10.1. The molecule has 0 atom stereocenters. The quantitative estimate of drug-likeness (QED) is 0.667. The first-order valence-electron chi connectivity index (χ1n) is 7.08. The number of aliphatic imine (C=N–C) groups is 1. The molecule has 0 radical (unpaired) electrons. The van der Waals surface area contributed by atoms with Gasteiger partial charge in [0.2, 0.25) is 0 Å². The van der Waals surface area contributed by atoms with Gasteiger partial charge in [0, 0.05) is 31.2 Å². The Morgan fingerprint density at radius 1 is 1.30 bits per heavy atom. The highest BCUT2D eigenvalue weighted by molar-refractivity contribution is 7.99. The van der Waals surface area contributed by atoms with Crippen molar-refractivity contribution in [1.29, 1.82) is 0 Å². The van der Waals surface area contributed by atoms with E-state index in [1.165, 1.54) is 11.1 Å². The lowest BCUT2D eigenvalue weighted by Gasteiger charge is -2.27. The Bertz CT molecular complexity index is 444. The van der Waals surface area contributed by atoms with Gasteiger partial charge in [0.1, 0.15) is 0 Å². The van der Waals surface area contributed by atoms with Gasteiger partial charge < -0.3 is 15.4 Å². The maximum absolute atomic E-state index is 6.08. The van der Waals surface area contributed by atoms with Crippen LogP contribution in [-0.2, 0) is 17.9 Å². The van der Waals surface area contributed by atoms with Crippen LogP contribution in [-0.4, -0.2) is 42.1 Å². The zero-order chi connectivity index (χ0) is 14.2. The van der Waals surface area contributed by atoms with E-state index in [0.717, 1.165) is 31.2 Å². The standard InChI is InChI=1S/C15H23N3OS/c1-2-19-12-14-6-4-3-5-13(14)11-17-15(16)18-7-9-20-10-8-18/h3-6H,2,7-12H2,1H3,(H2,16,17). The molecule has 0 amide bonds. The van der Waals surface area contributed by atoms with Crippen LogP contribution in [0.3, 0.4) is 0 Å². The molecule has 1 aliphatic heterocycles. The molecule has 0 saturated carbocycles. The molecule has 0 bridgehead atoms. The van der Waals surface area contributed by atoms with Crippen LogP contribution in [0.15, 0.2) is 29.3 Å². The summed E-state index contributed by atoms with van der Waals surface area (Å²) < 4.78 is 5.49. The predicted molar refractivity (Wildman–Crippen MR) is 86.0 cm³/mol. The molecule has 1 aromatic rings. The molecular weight excluding hydrogens is 270 g/mol. The predicted octanol–water partition coefficient (Wildman–Crippen LogP) is 2.09. The van der Waals surface area contributed by atoms with E-state index in [4.69, 9.17) is 10.5 Å². The third-order valence-corrected chi connectivity index (χ3v) is 4.27. The second-order valence-electron chi connectivity index (χ2n) is 4.68. The van der Waals surface area contributed by atoms with Crippen LogP contribution < -0.4 is 5.73 Å². The van der Waals surface area contributed by atoms with Crippen LogP contribution in [0.25, 0.3) is 0 Å². The third-order valence-electron chi connectivity index (χ3n) is 3.33. The van der Waals surface area contributed by atoms with Gasteiger partial charge in [0.05, 0.1) is 13.2 Å². The fourth-order valence-electron chi connectivity index (χ4n) is 2.12. The SMILES string of the molecule is CCOCc1ccccc1CN=C(N)N1CCSCC1. The van der Waals surface area contributed by atoms with E-state index in [-0.39, 0.29) is 0 Å². The molecule has 1 saturated heterocycles. The number of guanidine groups is 1. The fraction of sp³-hybridized carbons (Fsp3) is 0.533. The van der Waals surface area contributed by atoms with Gasteiger partial charge in [-0.05, 0) is 18.1 Å². The van der Waals surface area contributed by atoms with Crippen LogP contribution in [0.2, 0.25) is 0 Å². The lowest BCUT2D eigenvalue weighted by Crippen LogP contribution is -2.42. The monoisotopic (exact) mass is 293 g/mol. The number of nitrogens with zero attached hydrogens (tertiary/aromatic N) is 2. The minimum absolute atomic E-state index is 0.624. The zero-order valence-electron chi connectivity index (χ0n) is 12.0. The number of rotatable bonds is 5. The molecule has 2 N–H and O–H groups in total. The maximum Gasteiger partial charge on any atom is 0.191 e. The van der Waals surface area contributed by atoms with E-state index in [9.17, 15) is 0 Å². The molecule has 4 nitrogen and oxygen atoms in total. The van der Waals surface area contributed by atoms with Crippen molar-refractivity contribution in [3.63, 3.8) is 0 Å². The second-order valence-corrected chi connectivity index (χ2v) is 5.90. The van der Waals surface area contributed by atoms with Gasteiger partial charge in [0.15, 0.2) is 5.96 Å². The number of hydrogen-bond donors (Lipinski definition) is 1. The van der Waals surface area contributed by atoms with E-state index in [1.807, 2.05) is 30.8 Å². The average Bonchev–Trinajstić information content (AvgIpc) is 2.52. The molecule has 20 heavy (non-hydrogen) atoms. The highest BCUT2D eigenvalue weighted by atomic mass is 32.2. The Morgan fingerprint density at radius 2 is 2.00 bits per heavy atom. The molecule has 110 valence electrons. The third kappa shape index (κ3) is 4.42. The van der Waals surface area contributed by atoms with Crippen LogP contribution in [0.4, 0.5) is 0 Å². The van der Waals surface area contributed by atoms with E-state index in [0.29, 0.717) is 19.1 Å². The van der Waals surface area contributed by atoms with Crippen molar-refractivity contribution in [1.82, 2.24) is 4.90 Å². The molecular formula is C15H23N3OS. The Hall–Kier alpha value is -1.20. The minimum Gasteiger partial charge on any atom is -0.377 e. The molecule has 0 unspecified atom stereocenters. The van der Waals surface area contributed by atoms with Gasteiger partial charge in [-0.25, -0.2) is 4.99 Å². The number of ether oxygens (including phenoxy) is 1. The fourth-order valence-corrected chi connectivity index (χ4v) is 3.03. The van der Waals surface area contributed by atoms with Crippen molar-refractivity contribution in [2.45, 2.75) is 20.1 Å². The first kappa shape index (κ1) is 15.2. The van der Waals surface area contributed by atoms with E-state index >= 15 is 0 Å². The summed E-state index contributed by atoms with van der Waals surface area (Å²) in [4.78, 5) is 6.71. The van der Waals surface area contributed by atoms with Gasteiger partial charge >= 0.3 is 0 Å². The van der Waals surface area contributed by atoms with Gasteiger partial charge in [0.25, 0.3) is 0 Å². The van der Waals surface area contributed by atoms with Crippen molar-refractivity contribution >= 4 is 17.7 Å². The summed E-state index contributed by atoms with van der Waals surface area (Å²) in [5.74, 6) is 2.94. The van der Waals surface area contributed by atoms with Crippen molar-refractivity contribution in [3.8, 4) is 0 Å². The summed E-state index contributed by atoms with van der Waals surface area (Å²) in [6.07, 6.45) is 0. The summed E-state index contributed by atoms with van der Waals surface area (Å²) in [5, 5.41) is 0. The first-order chi connectivity index (χ1) is 9.81. The molecule has 2 rings (SSSR count). The van der Waals surface area contributed by atoms with Gasteiger partial charge in [-0.1, -0.05) is 24.3 Å². The summed E-state index contributed by atoms with van der Waals surface area (Å²) in [5.41, 5.74) is 8.47. The molecule has 5 heteroatoms. The molecule has 1 heterocycles. The van der Waals surface area contributed by atoms with Crippen LogP contribution >= 0.6 is 11.8 Å². The molecule has 1 aliphatic rings. The van der Waals surface area contributed by atoms with E-state index in [1.54, 1.807) is 0 Å². The highest BCUT2D eigenvalue weighted by Crippen LogP contribution is 2.13. The number of thioether (sulfide) groups is 1. The first-order valence-corrected chi connectivity index (χ1v) is 8.24. The molecule has 0 aromatic heterocycles. The van der Waals surface area contributed by atoms with Crippen LogP contribution in [0.5, 0.6) is 0 Å². The molecule has 0 aliphatic carbocycles. The van der Waals surface area contributed by atoms with E-state index < -0.39 is 0 Å². The smallest absolute Gasteiger partial charge is 0.191 e. The van der Waals surface area contributed by atoms with Gasteiger partial charge in [-0.15, -0.1) is 0 Å². The highest BCUT2D eigenvalue weighted by Gasteiger charge is 2.12. The summed E-state index contributed by atoms with van der Waals surface area (Å²) >= 11 is 1.97. The Kier molecular flexibility index (Phi) is 6.21. The summed E-state index contributed by atoms with van der Waals surface area (Å²) in [7, 11) is 0. The van der Waals surface area contributed by atoms with Crippen molar-refractivity contribution < 1.29 is 4.74 Å². The topological polar surface area (TPSA) is 50.9 Å². The Labute approximate surface area is 125 Å². The molecule has 0 spiro atoms. The average molecular weight is 293 g/mol. The number of benzene rings is 1. The largest absolute Gasteiger partial charge is 0.377 e. The number of nitrogens with two attached hydrogens (primary N) is 1. The van der Waals surface area contributed by atoms with Crippen LogP contribution in [0, 0.1) is 0 Å². The minimum atomic E-state index is 0.624. The summed E-state index contributed by atoms with van der Waals surface area (Å²) in [6.45, 7) is 6.00. The Balaban J connectivity index is 1.98. The van der Waals surface area contributed by atoms with Gasteiger partial charge in [-0.2, -0.15) is 11.8 Å². The van der Waals surface area contributed by atoms with Crippen LogP contribution in [0.1, 0.15) is 18.1 Å².